The minimum Gasteiger partial charge on any atom is -0.345 e. The van der Waals surface area contributed by atoms with Gasteiger partial charge in [-0.3, -0.25) is 9.59 Å². The molecule has 1 aliphatic rings. The maximum atomic E-state index is 12.5. The lowest BCUT2D eigenvalue weighted by atomic mass is 10.2. The number of benzene rings is 1. The van der Waals surface area contributed by atoms with Gasteiger partial charge in [0, 0.05) is 27.6 Å². The number of alkyl halides is 3. The summed E-state index contributed by atoms with van der Waals surface area (Å²) in [4.78, 5) is 26.5. The molecule has 2 amide bonds. The Kier molecular flexibility index (Phi) is 5.76. The van der Waals surface area contributed by atoms with Gasteiger partial charge in [-0.2, -0.15) is 13.2 Å². The number of thiophene rings is 1. The van der Waals surface area contributed by atoms with Crippen LogP contribution in [0.5, 0.6) is 0 Å². The lowest BCUT2D eigenvalue weighted by molar-refractivity contribution is -0.143. The van der Waals surface area contributed by atoms with Gasteiger partial charge in [0.1, 0.15) is 12.6 Å². The van der Waals surface area contributed by atoms with E-state index in [1.807, 2.05) is 29.6 Å². The molecule has 0 spiro atoms. The summed E-state index contributed by atoms with van der Waals surface area (Å²) in [6.07, 6.45) is -0.689. The summed E-state index contributed by atoms with van der Waals surface area (Å²) in [5.41, 5.74) is 0. The van der Waals surface area contributed by atoms with Crippen molar-refractivity contribution in [1.29, 1.82) is 0 Å². The molecule has 2 heterocycles. The Morgan fingerprint density at radius 2 is 2.07 bits per heavy atom. The number of nitrogens with one attached hydrogen (secondary N) is 1. The summed E-state index contributed by atoms with van der Waals surface area (Å²) < 4.78 is 37.8. The first-order valence-corrected chi connectivity index (χ1v) is 9.46. The number of carbonyl (C=O) groups excluding carboxylic acids is 2. The smallest absolute Gasteiger partial charge is 0.345 e. The Hall–Kier alpha value is -2.06. The second-order valence-corrected chi connectivity index (χ2v) is 7.59. The van der Waals surface area contributed by atoms with Gasteiger partial charge >= 0.3 is 6.18 Å². The van der Waals surface area contributed by atoms with Crippen molar-refractivity contribution < 1.29 is 22.8 Å². The van der Waals surface area contributed by atoms with Crippen LogP contribution in [0.1, 0.15) is 17.7 Å². The third kappa shape index (κ3) is 4.62. The Balaban J connectivity index is 1.69. The van der Waals surface area contributed by atoms with E-state index in [-0.39, 0.29) is 0 Å². The first-order valence-electron chi connectivity index (χ1n) is 8.26. The van der Waals surface area contributed by atoms with Crippen molar-refractivity contribution in [3.05, 3.63) is 40.2 Å². The van der Waals surface area contributed by atoms with Gasteiger partial charge in [-0.05, 0) is 25.0 Å². The van der Waals surface area contributed by atoms with Crippen LogP contribution in [-0.2, 0) is 9.59 Å². The zero-order chi connectivity index (χ0) is 19.6. The van der Waals surface area contributed by atoms with Gasteiger partial charge in [-0.1, -0.05) is 29.8 Å². The Labute approximate surface area is 162 Å². The first-order chi connectivity index (χ1) is 12.8. The van der Waals surface area contributed by atoms with E-state index < -0.39 is 30.6 Å². The molecule has 1 aliphatic heterocycles. The molecule has 1 saturated heterocycles. The van der Waals surface area contributed by atoms with Crippen LogP contribution >= 0.6 is 22.9 Å². The number of carbonyl (C=O) groups is 2. The van der Waals surface area contributed by atoms with Crippen LogP contribution in [0, 0.1) is 0 Å². The van der Waals surface area contributed by atoms with Crippen LogP contribution in [-0.4, -0.2) is 42.0 Å². The van der Waals surface area contributed by atoms with Crippen LogP contribution in [0.3, 0.4) is 0 Å². The van der Waals surface area contributed by atoms with Crippen molar-refractivity contribution in [3.63, 3.8) is 0 Å². The molecule has 9 heteroatoms. The maximum absolute atomic E-state index is 12.5. The van der Waals surface area contributed by atoms with Crippen molar-refractivity contribution in [2.45, 2.75) is 25.1 Å². The van der Waals surface area contributed by atoms with Crippen LogP contribution in [0.15, 0.2) is 30.3 Å². The normalized spacial score (nSPS) is 17.8. The Bertz CT molecular complexity index is 894. The summed E-state index contributed by atoms with van der Waals surface area (Å²) in [6, 6.07) is 6.68. The molecular weight excluding hydrogens is 401 g/mol. The van der Waals surface area contributed by atoms with Crippen molar-refractivity contribution in [2.75, 3.05) is 13.1 Å². The quantitative estimate of drug-likeness (QED) is 0.758. The lowest BCUT2D eigenvalue weighted by Gasteiger charge is -2.23. The summed E-state index contributed by atoms with van der Waals surface area (Å²) in [5, 5.41) is 3.28. The molecular formula is C18H16ClF3N2O2S. The van der Waals surface area contributed by atoms with E-state index >= 15 is 0 Å². The molecule has 1 aromatic carbocycles. The standard InChI is InChI=1S/C18H16ClF3N2O2S/c19-16-11-4-1-2-6-13(11)27-14(16)7-8-15(25)24-9-3-5-12(24)17(26)23-10-18(20,21)22/h1-2,4,6-8,12H,3,5,9-10H2,(H,23,26). The molecule has 1 N–H and O–H groups in total. The number of fused-ring (bicyclic) bond motifs is 1. The number of likely N-dealkylation sites (tertiary alicyclic amines) is 1. The Morgan fingerprint density at radius 1 is 1.33 bits per heavy atom. The molecule has 144 valence electrons. The van der Waals surface area contributed by atoms with Gasteiger partial charge < -0.3 is 10.2 Å². The fraction of sp³-hybridized carbons (Fsp3) is 0.333. The van der Waals surface area contributed by atoms with Crippen LogP contribution in [0.2, 0.25) is 5.02 Å². The molecule has 1 atom stereocenters. The molecule has 2 aromatic rings. The largest absolute Gasteiger partial charge is 0.405 e. The van der Waals surface area contributed by atoms with Gasteiger partial charge in [0.2, 0.25) is 11.8 Å². The maximum Gasteiger partial charge on any atom is 0.405 e. The van der Waals surface area contributed by atoms with E-state index in [2.05, 4.69) is 0 Å². The fourth-order valence-electron chi connectivity index (χ4n) is 2.99. The number of amides is 2. The van der Waals surface area contributed by atoms with Gasteiger partial charge in [0.05, 0.1) is 5.02 Å². The molecule has 1 fully saturated rings. The minimum absolute atomic E-state index is 0.327. The molecule has 0 aliphatic carbocycles. The van der Waals surface area contributed by atoms with E-state index in [1.54, 1.807) is 6.08 Å². The fourth-order valence-corrected chi connectivity index (χ4v) is 4.39. The average Bonchev–Trinajstić information content (AvgIpc) is 3.23. The predicted molar refractivity (Wildman–Crippen MR) is 99.7 cm³/mol. The highest BCUT2D eigenvalue weighted by Crippen LogP contribution is 2.36. The highest BCUT2D eigenvalue weighted by Gasteiger charge is 2.35. The van der Waals surface area contributed by atoms with E-state index in [0.717, 1.165) is 10.1 Å². The highest BCUT2D eigenvalue weighted by atomic mass is 35.5. The van der Waals surface area contributed by atoms with E-state index in [0.29, 0.717) is 29.3 Å². The van der Waals surface area contributed by atoms with Crippen LogP contribution in [0.4, 0.5) is 13.2 Å². The van der Waals surface area contributed by atoms with Gasteiger partial charge in [-0.15, -0.1) is 11.3 Å². The van der Waals surface area contributed by atoms with Gasteiger partial charge in [0.25, 0.3) is 0 Å². The van der Waals surface area contributed by atoms with Crippen molar-refractivity contribution in [3.8, 4) is 0 Å². The van der Waals surface area contributed by atoms with Crippen molar-refractivity contribution in [1.82, 2.24) is 10.2 Å². The molecule has 4 nitrogen and oxygen atoms in total. The molecule has 1 unspecified atom stereocenters. The molecule has 3 rings (SSSR count). The number of rotatable bonds is 4. The summed E-state index contributed by atoms with van der Waals surface area (Å²) in [5.74, 6) is -1.21. The molecule has 1 aromatic heterocycles. The summed E-state index contributed by atoms with van der Waals surface area (Å²) in [6.45, 7) is -1.08. The average molecular weight is 417 g/mol. The first kappa shape index (κ1) is 19.7. The monoisotopic (exact) mass is 416 g/mol. The van der Waals surface area contributed by atoms with Crippen LogP contribution in [0.25, 0.3) is 16.2 Å². The van der Waals surface area contributed by atoms with Crippen molar-refractivity contribution >= 4 is 50.9 Å². The topological polar surface area (TPSA) is 49.4 Å². The molecule has 0 radical (unpaired) electrons. The molecule has 27 heavy (non-hydrogen) atoms. The molecule has 0 saturated carbocycles. The van der Waals surface area contributed by atoms with E-state index in [1.165, 1.54) is 22.3 Å². The summed E-state index contributed by atoms with van der Waals surface area (Å²) >= 11 is 7.76. The number of hydrogen-bond acceptors (Lipinski definition) is 3. The van der Waals surface area contributed by atoms with Crippen molar-refractivity contribution in [2.24, 2.45) is 0 Å². The van der Waals surface area contributed by atoms with E-state index in [4.69, 9.17) is 11.6 Å². The zero-order valence-corrected chi connectivity index (χ0v) is 15.6. The number of nitrogens with zero attached hydrogens (tertiary/aromatic N) is 1. The zero-order valence-electron chi connectivity index (χ0n) is 14.1. The second kappa shape index (κ2) is 7.90. The molecule has 0 bridgehead atoms. The second-order valence-electron chi connectivity index (χ2n) is 6.13. The van der Waals surface area contributed by atoms with Crippen LogP contribution < -0.4 is 5.32 Å². The van der Waals surface area contributed by atoms with E-state index in [9.17, 15) is 22.8 Å². The minimum atomic E-state index is -4.49. The highest BCUT2D eigenvalue weighted by molar-refractivity contribution is 7.20. The lowest BCUT2D eigenvalue weighted by Crippen LogP contribution is -2.47. The third-order valence-corrected chi connectivity index (χ3v) is 5.89. The Morgan fingerprint density at radius 3 is 2.78 bits per heavy atom. The number of hydrogen-bond donors (Lipinski definition) is 1. The SMILES string of the molecule is O=C(NCC(F)(F)F)C1CCCN1C(=O)C=Cc1sc2ccccc2c1Cl. The predicted octanol–water partition coefficient (Wildman–Crippen LogP) is 4.24. The van der Waals surface area contributed by atoms with Gasteiger partial charge in [0.15, 0.2) is 0 Å². The third-order valence-electron chi connectivity index (χ3n) is 4.24. The summed E-state index contributed by atoms with van der Waals surface area (Å²) in [7, 11) is 0. The van der Waals surface area contributed by atoms with Gasteiger partial charge in [-0.25, -0.2) is 0 Å². The number of halogens is 4.